The minimum atomic E-state index is -3.16. The van der Waals surface area contributed by atoms with Gasteiger partial charge in [-0.3, -0.25) is 0 Å². The molecule has 0 heterocycles. The molecule has 0 amide bonds. The van der Waals surface area contributed by atoms with Crippen molar-refractivity contribution in [3.63, 3.8) is 0 Å². The van der Waals surface area contributed by atoms with Crippen LogP contribution in [-0.2, 0) is 9.84 Å². The third kappa shape index (κ3) is 3.41. The third-order valence-electron chi connectivity index (χ3n) is 4.47. The lowest BCUT2D eigenvalue weighted by Gasteiger charge is -2.19. The van der Waals surface area contributed by atoms with Gasteiger partial charge in [-0.15, -0.1) is 0 Å². The van der Waals surface area contributed by atoms with Gasteiger partial charge in [0.05, 0.1) is 10.6 Å². The molecule has 0 bridgehead atoms. The van der Waals surface area contributed by atoms with Crippen LogP contribution in [0.1, 0.15) is 36.8 Å². The number of sulfone groups is 1. The maximum atomic E-state index is 12.5. The molecule has 2 atom stereocenters. The Hall–Kier alpha value is -0.870. The number of rotatable bonds is 5. The maximum Gasteiger partial charge on any atom is 0.178 e. The summed E-state index contributed by atoms with van der Waals surface area (Å²) in [4.78, 5) is 0.511. The zero-order valence-electron chi connectivity index (χ0n) is 12.6. The second-order valence-corrected chi connectivity index (χ2v) is 8.04. The number of hydrogen-bond donors (Lipinski definition) is 1. The van der Waals surface area contributed by atoms with Crippen molar-refractivity contribution in [2.45, 2.75) is 50.5 Å². The van der Waals surface area contributed by atoms with Crippen molar-refractivity contribution >= 4 is 9.84 Å². The molecular formula is C16H25NO2S. The van der Waals surface area contributed by atoms with Crippen LogP contribution in [0, 0.1) is 19.8 Å². The molecule has 0 saturated heterocycles. The van der Waals surface area contributed by atoms with Crippen molar-refractivity contribution in [3.8, 4) is 0 Å². The lowest BCUT2D eigenvalue weighted by Crippen LogP contribution is -2.30. The average molecular weight is 295 g/mol. The zero-order valence-corrected chi connectivity index (χ0v) is 13.5. The van der Waals surface area contributed by atoms with Gasteiger partial charge < -0.3 is 5.32 Å². The van der Waals surface area contributed by atoms with Crippen molar-refractivity contribution in [2.75, 3.05) is 12.8 Å². The average Bonchev–Trinajstić information content (AvgIpc) is 2.86. The summed E-state index contributed by atoms with van der Waals surface area (Å²) >= 11 is 0. The van der Waals surface area contributed by atoms with E-state index in [-0.39, 0.29) is 5.75 Å². The van der Waals surface area contributed by atoms with Gasteiger partial charge in [-0.1, -0.05) is 18.6 Å². The van der Waals surface area contributed by atoms with Crippen LogP contribution in [0.4, 0.5) is 0 Å². The highest BCUT2D eigenvalue weighted by Gasteiger charge is 2.28. The fourth-order valence-corrected chi connectivity index (χ4v) is 4.98. The number of hydrogen-bond acceptors (Lipinski definition) is 3. The van der Waals surface area contributed by atoms with Gasteiger partial charge in [0.15, 0.2) is 9.84 Å². The van der Waals surface area contributed by atoms with Gasteiger partial charge in [0.2, 0.25) is 0 Å². The predicted molar refractivity (Wildman–Crippen MR) is 82.8 cm³/mol. The van der Waals surface area contributed by atoms with Gasteiger partial charge in [-0.25, -0.2) is 8.42 Å². The van der Waals surface area contributed by atoms with Crippen LogP contribution in [0.3, 0.4) is 0 Å². The van der Waals surface area contributed by atoms with Crippen LogP contribution < -0.4 is 5.32 Å². The van der Waals surface area contributed by atoms with E-state index >= 15 is 0 Å². The number of benzene rings is 1. The number of nitrogens with one attached hydrogen (secondary N) is 1. The Labute approximate surface area is 122 Å². The van der Waals surface area contributed by atoms with E-state index in [1.165, 1.54) is 12.8 Å². The standard InChI is InChI=1S/C16H25NO2S/c1-12-7-8-13(2)16(11-12)20(18,19)10-9-14-5-4-6-15(14)17-3/h7-8,11,14-15,17H,4-6,9-10H2,1-3H3. The fraction of sp³-hybridized carbons (Fsp3) is 0.625. The second-order valence-electron chi connectivity index (χ2n) is 5.96. The van der Waals surface area contributed by atoms with Crippen LogP contribution >= 0.6 is 0 Å². The van der Waals surface area contributed by atoms with Crippen LogP contribution in [0.2, 0.25) is 0 Å². The normalized spacial score (nSPS) is 23.1. The molecule has 1 fully saturated rings. The molecule has 2 unspecified atom stereocenters. The van der Waals surface area contributed by atoms with Crippen LogP contribution in [0.15, 0.2) is 23.1 Å². The van der Waals surface area contributed by atoms with Crippen LogP contribution in [0.5, 0.6) is 0 Å². The molecule has 0 aliphatic heterocycles. The highest BCUT2D eigenvalue weighted by molar-refractivity contribution is 7.91. The van der Waals surface area contributed by atoms with E-state index in [4.69, 9.17) is 0 Å². The second kappa shape index (κ2) is 6.27. The first-order valence-corrected chi connectivity index (χ1v) is 9.06. The first kappa shape index (κ1) is 15.5. The highest BCUT2D eigenvalue weighted by Crippen LogP contribution is 2.29. The summed E-state index contributed by atoms with van der Waals surface area (Å²) in [5.74, 6) is 0.764. The summed E-state index contributed by atoms with van der Waals surface area (Å²) in [6.45, 7) is 3.81. The SMILES string of the molecule is CNC1CCCC1CCS(=O)(=O)c1cc(C)ccc1C. The van der Waals surface area contributed by atoms with E-state index < -0.39 is 9.84 Å². The summed E-state index contributed by atoms with van der Waals surface area (Å²) in [5.41, 5.74) is 1.86. The van der Waals surface area contributed by atoms with Crippen molar-refractivity contribution in [3.05, 3.63) is 29.3 Å². The topological polar surface area (TPSA) is 46.2 Å². The van der Waals surface area contributed by atoms with Gasteiger partial charge >= 0.3 is 0 Å². The molecular weight excluding hydrogens is 270 g/mol. The molecule has 0 spiro atoms. The molecule has 1 saturated carbocycles. The Balaban J connectivity index is 2.09. The molecule has 112 valence electrons. The fourth-order valence-electron chi connectivity index (χ4n) is 3.22. The summed E-state index contributed by atoms with van der Waals surface area (Å²) < 4.78 is 25.1. The first-order chi connectivity index (χ1) is 9.44. The summed E-state index contributed by atoms with van der Waals surface area (Å²) in [6.07, 6.45) is 4.29. The smallest absolute Gasteiger partial charge is 0.178 e. The van der Waals surface area contributed by atoms with Gasteiger partial charge in [0, 0.05) is 6.04 Å². The molecule has 1 aromatic carbocycles. The molecule has 0 aromatic heterocycles. The zero-order chi connectivity index (χ0) is 14.8. The Morgan fingerprint density at radius 1 is 1.25 bits per heavy atom. The maximum absolute atomic E-state index is 12.5. The van der Waals surface area contributed by atoms with Crippen molar-refractivity contribution in [1.82, 2.24) is 5.32 Å². The summed E-state index contributed by atoms with van der Waals surface area (Å²) in [7, 11) is -1.19. The van der Waals surface area contributed by atoms with Gasteiger partial charge in [0.25, 0.3) is 0 Å². The Bertz CT molecular complexity index is 566. The van der Waals surface area contributed by atoms with Crippen LogP contribution in [-0.4, -0.2) is 27.3 Å². The molecule has 1 N–H and O–H groups in total. The van der Waals surface area contributed by atoms with Crippen LogP contribution in [0.25, 0.3) is 0 Å². The monoisotopic (exact) mass is 295 g/mol. The van der Waals surface area contributed by atoms with E-state index in [0.29, 0.717) is 16.9 Å². The summed E-state index contributed by atoms with van der Waals surface area (Å²) in [6, 6.07) is 6.15. The molecule has 3 nitrogen and oxygen atoms in total. The molecule has 1 aliphatic carbocycles. The molecule has 2 rings (SSSR count). The van der Waals surface area contributed by atoms with Crippen molar-refractivity contribution in [2.24, 2.45) is 5.92 Å². The van der Waals surface area contributed by atoms with E-state index in [2.05, 4.69) is 5.32 Å². The number of aryl methyl sites for hydroxylation is 2. The van der Waals surface area contributed by atoms with Gasteiger partial charge in [0.1, 0.15) is 0 Å². The lowest BCUT2D eigenvalue weighted by molar-refractivity contribution is 0.414. The minimum absolute atomic E-state index is 0.264. The Morgan fingerprint density at radius 3 is 2.70 bits per heavy atom. The molecule has 1 aliphatic rings. The molecule has 4 heteroatoms. The quantitative estimate of drug-likeness (QED) is 0.908. The minimum Gasteiger partial charge on any atom is -0.317 e. The van der Waals surface area contributed by atoms with Crippen molar-refractivity contribution < 1.29 is 8.42 Å². The van der Waals surface area contributed by atoms with Gasteiger partial charge in [-0.05, 0) is 63.3 Å². The van der Waals surface area contributed by atoms with Crippen molar-refractivity contribution in [1.29, 1.82) is 0 Å². The Morgan fingerprint density at radius 2 is 2.00 bits per heavy atom. The first-order valence-electron chi connectivity index (χ1n) is 7.41. The largest absolute Gasteiger partial charge is 0.317 e. The van der Waals surface area contributed by atoms with Gasteiger partial charge in [-0.2, -0.15) is 0 Å². The molecule has 1 aromatic rings. The lowest BCUT2D eigenvalue weighted by atomic mass is 10.0. The van der Waals surface area contributed by atoms with E-state index in [0.717, 1.165) is 24.0 Å². The molecule has 0 radical (unpaired) electrons. The summed E-state index contributed by atoms with van der Waals surface area (Å²) in [5, 5.41) is 3.32. The molecule has 20 heavy (non-hydrogen) atoms. The van der Waals surface area contributed by atoms with E-state index in [9.17, 15) is 8.42 Å². The third-order valence-corrected chi connectivity index (χ3v) is 6.35. The Kier molecular flexibility index (Phi) is 4.86. The van der Waals surface area contributed by atoms with E-state index in [1.54, 1.807) is 6.07 Å². The predicted octanol–water partition coefficient (Wildman–Crippen LogP) is 2.86. The van der Waals surface area contributed by atoms with E-state index in [1.807, 2.05) is 33.0 Å². The highest BCUT2D eigenvalue weighted by atomic mass is 32.2.